The van der Waals surface area contributed by atoms with Crippen LogP contribution in [0.15, 0.2) is 16.6 Å². The van der Waals surface area contributed by atoms with Crippen molar-refractivity contribution in [2.75, 3.05) is 0 Å². The molecular formula is C11H10BrF4KN2O. The number of aromatic nitrogens is 2. The van der Waals surface area contributed by atoms with Gasteiger partial charge in [0.1, 0.15) is 5.82 Å². The van der Waals surface area contributed by atoms with Crippen molar-refractivity contribution in [3.05, 3.63) is 28.2 Å². The fraction of sp³-hybridized carbons (Fsp3) is 0.364. The van der Waals surface area contributed by atoms with Gasteiger partial charge in [-0.2, -0.15) is 13.2 Å². The number of nitrogens with zero attached hydrogens (tertiary/aromatic N) is 2. The summed E-state index contributed by atoms with van der Waals surface area (Å²) in [6.45, 7) is 2.86. The minimum atomic E-state index is -4.75. The topological polar surface area (TPSA) is 40.9 Å². The third kappa shape index (κ3) is 4.25. The Morgan fingerprint density at radius 2 is 1.85 bits per heavy atom. The predicted octanol–water partition coefficient (Wildman–Crippen LogP) is 0.305. The predicted molar refractivity (Wildman–Crippen MR) is 63.7 cm³/mol. The Balaban J connectivity index is 0.00000115. The molecule has 2 aromatic rings. The maximum Gasteiger partial charge on any atom is 1.00 e. The molecule has 0 N–H and O–H groups in total. The molecule has 0 radical (unpaired) electrons. The largest absolute Gasteiger partial charge is 1.00 e. The van der Waals surface area contributed by atoms with Gasteiger partial charge >= 0.3 is 57.6 Å². The van der Waals surface area contributed by atoms with Crippen molar-refractivity contribution >= 4 is 27.0 Å². The minimum Gasteiger partial charge on any atom is -0.838 e. The van der Waals surface area contributed by atoms with Gasteiger partial charge in [-0.1, -0.05) is 20.6 Å². The van der Waals surface area contributed by atoms with Crippen LogP contribution < -0.4 is 56.5 Å². The van der Waals surface area contributed by atoms with Gasteiger partial charge < -0.3 is 9.67 Å². The molecule has 0 aliphatic carbocycles. The molecule has 0 unspecified atom stereocenters. The second-order valence-corrected chi connectivity index (χ2v) is 4.10. The Hall–Kier alpha value is 0.486. The van der Waals surface area contributed by atoms with Crippen LogP contribution in [-0.2, 0) is 12.9 Å². The van der Waals surface area contributed by atoms with E-state index in [1.54, 1.807) is 0 Å². The standard InChI is InChI=1S/C9H4BrF4N2O.C2H6.K/c10-5-1-4(11)2-6-7(5)16(3-17)8(15-6)9(12,13)14;1-2;/h1-2H,3H2;1-2H3;/q-1;;+1. The minimum absolute atomic E-state index is 0. The smallest absolute Gasteiger partial charge is 0.838 e. The number of imidazole rings is 1. The number of fused-ring (bicyclic) bond motifs is 1. The summed E-state index contributed by atoms with van der Waals surface area (Å²) in [5, 5.41) is 10.8. The van der Waals surface area contributed by atoms with Crippen molar-refractivity contribution in [3.8, 4) is 0 Å². The maximum atomic E-state index is 13.0. The zero-order chi connectivity index (χ0) is 14.8. The summed E-state index contributed by atoms with van der Waals surface area (Å²) in [6.07, 6.45) is -4.75. The number of hydrogen-bond acceptors (Lipinski definition) is 2. The Bertz CT molecular complexity index is 586. The molecular weight excluding hydrogens is 371 g/mol. The van der Waals surface area contributed by atoms with Gasteiger partial charge in [-0.05, 0) is 22.0 Å². The molecule has 0 bridgehead atoms. The zero-order valence-electron chi connectivity index (χ0n) is 11.1. The van der Waals surface area contributed by atoms with Crippen molar-refractivity contribution in [3.63, 3.8) is 0 Å². The van der Waals surface area contributed by atoms with Crippen molar-refractivity contribution in [1.82, 2.24) is 9.55 Å². The van der Waals surface area contributed by atoms with Crippen LogP contribution in [0, 0.1) is 5.82 Å². The molecule has 0 saturated carbocycles. The normalized spacial score (nSPS) is 10.8. The van der Waals surface area contributed by atoms with E-state index in [4.69, 9.17) is 0 Å². The molecule has 0 saturated heterocycles. The van der Waals surface area contributed by atoms with Crippen LogP contribution in [0.4, 0.5) is 17.6 Å². The van der Waals surface area contributed by atoms with Gasteiger partial charge in [0.05, 0.1) is 11.0 Å². The van der Waals surface area contributed by atoms with E-state index >= 15 is 0 Å². The summed E-state index contributed by atoms with van der Waals surface area (Å²) in [7, 11) is 0. The fourth-order valence-corrected chi connectivity index (χ4v) is 2.16. The van der Waals surface area contributed by atoms with Crippen LogP contribution in [-0.4, -0.2) is 9.55 Å². The number of benzene rings is 1. The third-order valence-corrected chi connectivity index (χ3v) is 2.75. The monoisotopic (exact) mass is 380 g/mol. The van der Waals surface area contributed by atoms with E-state index in [1.165, 1.54) is 0 Å². The molecule has 1 aromatic heterocycles. The van der Waals surface area contributed by atoms with E-state index in [9.17, 15) is 22.7 Å². The van der Waals surface area contributed by atoms with E-state index in [1.807, 2.05) is 13.8 Å². The van der Waals surface area contributed by atoms with Gasteiger partial charge in [-0.15, -0.1) is 0 Å². The first-order chi connectivity index (χ1) is 8.84. The molecule has 1 heterocycles. The first kappa shape index (κ1) is 20.5. The van der Waals surface area contributed by atoms with Crippen LogP contribution in [0.25, 0.3) is 11.0 Å². The molecule has 0 aliphatic rings. The van der Waals surface area contributed by atoms with Gasteiger partial charge in [-0.3, -0.25) is 0 Å². The van der Waals surface area contributed by atoms with Crippen LogP contribution in [0.3, 0.4) is 0 Å². The molecule has 0 spiro atoms. The molecule has 9 heteroatoms. The van der Waals surface area contributed by atoms with Gasteiger partial charge in [-0.25, -0.2) is 9.37 Å². The molecule has 20 heavy (non-hydrogen) atoms. The summed E-state index contributed by atoms with van der Waals surface area (Å²) in [5.74, 6) is -2.05. The molecule has 0 amide bonds. The van der Waals surface area contributed by atoms with Crippen molar-refractivity contribution in [2.45, 2.75) is 26.8 Å². The molecule has 0 fully saturated rings. The SMILES string of the molecule is CC.[K+].[O-]Cn1c(C(F)(F)F)nc2cc(F)cc(Br)c21. The van der Waals surface area contributed by atoms with Crippen LogP contribution in [0.2, 0.25) is 0 Å². The van der Waals surface area contributed by atoms with E-state index in [2.05, 4.69) is 20.9 Å². The average Bonchev–Trinajstić information content (AvgIpc) is 2.70. The molecule has 2 rings (SSSR count). The summed E-state index contributed by atoms with van der Waals surface area (Å²) >= 11 is 2.91. The maximum absolute atomic E-state index is 13.0. The van der Waals surface area contributed by atoms with Gasteiger partial charge in [0.2, 0.25) is 5.82 Å². The molecule has 106 valence electrons. The zero-order valence-corrected chi connectivity index (χ0v) is 15.8. The number of hydrogen-bond donors (Lipinski definition) is 0. The van der Waals surface area contributed by atoms with Gasteiger partial charge in [0, 0.05) is 10.5 Å². The van der Waals surface area contributed by atoms with Crippen molar-refractivity contribution < 1.29 is 74.1 Å². The van der Waals surface area contributed by atoms with E-state index in [-0.39, 0.29) is 66.9 Å². The first-order valence-electron chi connectivity index (χ1n) is 5.35. The molecule has 1 aromatic carbocycles. The average molecular weight is 381 g/mol. The molecule has 0 atom stereocenters. The third-order valence-electron chi connectivity index (χ3n) is 2.14. The van der Waals surface area contributed by atoms with Crippen LogP contribution in [0.1, 0.15) is 19.7 Å². The van der Waals surface area contributed by atoms with Gasteiger partial charge in [0.25, 0.3) is 0 Å². The fourth-order valence-electron chi connectivity index (χ4n) is 1.53. The number of rotatable bonds is 1. The van der Waals surface area contributed by atoms with E-state index < -0.39 is 24.5 Å². The Morgan fingerprint density at radius 3 is 2.30 bits per heavy atom. The van der Waals surface area contributed by atoms with Crippen LogP contribution in [0.5, 0.6) is 0 Å². The first-order valence-corrected chi connectivity index (χ1v) is 6.14. The molecule has 0 aliphatic heterocycles. The summed E-state index contributed by atoms with van der Waals surface area (Å²) in [5.41, 5.74) is -0.270. The summed E-state index contributed by atoms with van der Waals surface area (Å²) in [4.78, 5) is 3.24. The Morgan fingerprint density at radius 1 is 1.30 bits per heavy atom. The van der Waals surface area contributed by atoms with E-state index in [0.717, 1.165) is 12.1 Å². The van der Waals surface area contributed by atoms with Crippen LogP contribution >= 0.6 is 15.9 Å². The number of halogens is 5. The second-order valence-electron chi connectivity index (χ2n) is 3.25. The Labute approximate surface area is 163 Å². The second kappa shape index (κ2) is 8.21. The van der Waals surface area contributed by atoms with Crippen molar-refractivity contribution in [1.29, 1.82) is 0 Å². The Kier molecular flexibility index (Phi) is 8.41. The summed E-state index contributed by atoms with van der Waals surface area (Å²) < 4.78 is 51.2. The van der Waals surface area contributed by atoms with Crippen molar-refractivity contribution in [2.24, 2.45) is 0 Å². The molecule has 3 nitrogen and oxygen atoms in total. The summed E-state index contributed by atoms with van der Waals surface area (Å²) in [6, 6.07) is 1.83. The van der Waals surface area contributed by atoms with Gasteiger partial charge in [0.15, 0.2) is 0 Å². The van der Waals surface area contributed by atoms with E-state index in [0.29, 0.717) is 4.57 Å². The number of alkyl halides is 3. The quantitative estimate of drug-likeness (QED) is 0.527.